The highest BCUT2D eigenvalue weighted by Gasteiger charge is 2.18. The molecule has 172 valence electrons. The zero-order chi connectivity index (χ0) is 22.3. The highest BCUT2D eigenvalue weighted by Crippen LogP contribution is 2.32. The first-order valence-corrected chi connectivity index (χ1v) is 13.0. The van der Waals surface area contributed by atoms with Crippen LogP contribution in [-0.2, 0) is 0 Å². The van der Waals surface area contributed by atoms with Crippen molar-refractivity contribution < 1.29 is 0 Å². The van der Waals surface area contributed by atoms with Crippen molar-refractivity contribution in [3.05, 3.63) is 13.2 Å². The maximum absolute atomic E-state index is 5.63. The summed E-state index contributed by atoms with van der Waals surface area (Å²) in [6, 6.07) is 0. The van der Waals surface area contributed by atoms with E-state index in [9.17, 15) is 0 Å². The molecule has 0 aliphatic heterocycles. The molecule has 0 nitrogen and oxygen atoms in total. The lowest BCUT2D eigenvalue weighted by Gasteiger charge is -2.09. The van der Waals surface area contributed by atoms with Crippen LogP contribution in [0.3, 0.4) is 0 Å². The summed E-state index contributed by atoms with van der Waals surface area (Å²) >= 11 is 33.8. The van der Waals surface area contributed by atoms with Gasteiger partial charge in [-0.3, -0.25) is 0 Å². The molecular formula is C22H42Cl6. The summed E-state index contributed by atoms with van der Waals surface area (Å²) in [5, 5.41) is 0. The smallest absolute Gasteiger partial charge is 0.106 e. The van der Waals surface area contributed by atoms with E-state index in [1.54, 1.807) is 0 Å². The zero-order valence-corrected chi connectivity index (χ0v) is 22.5. The van der Waals surface area contributed by atoms with Gasteiger partial charge in [-0.15, -0.1) is 13.2 Å². The fourth-order valence-corrected chi connectivity index (χ4v) is 3.37. The van der Waals surface area contributed by atoms with E-state index in [0.29, 0.717) is 12.8 Å². The molecule has 0 radical (unpaired) electrons. The molecule has 6 heteroatoms. The Kier molecular flexibility index (Phi) is 30.1. The molecule has 0 aliphatic rings. The normalized spacial score (nSPS) is 11.3. The third kappa shape index (κ3) is 41.8. The van der Waals surface area contributed by atoms with Crippen LogP contribution < -0.4 is 0 Å². The Morgan fingerprint density at radius 2 is 0.643 bits per heavy atom. The summed E-state index contributed by atoms with van der Waals surface area (Å²) in [5.74, 6) is 0. The molecule has 0 saturated carbocycles. The standard InChI is InChI=1S/2C10H19Cl3.C2H4/c2*1-2-3-4-5-6-7-8-9-10(11,12)13;1-2/h2*2-9H2,1H3;1-2H2. The molecule has 0 aromatic heterocycles. The van der Waals surface area contributed by atoms with Crippen LogP contribution in [0, 0.1) is 0 Å². The highest BCUT2D eigenvalue weighted by molar-refractivity contribution is 6.67. The Bertz CT molecular complexity index is 256. The van der Waals surface area contributed by atoms with E-state index in [1.165, 1.54) is 77.0 Å². The van der Waals surface area contributed by atoms with Gasteiger partial charge in [-0.25, -0.2) is 0 Å². The van der Waals surface area contributed by atoms with E-state index < -0.39 is 7.59 Å². The molecule has 0 rings (SSSR count). The van der Waals surface area contributed by atoms with Crippen LogP contribution in [0.4, 0.5) is 0 Å². The van der Waals surface area contributed by atoms with Crippen molar-refractivity contribution in [2.75, 3.05) is 0 Å². The summed E-state index contributed by atoms with van der Waals surface area (Å²) in [4.78, 5) is 0. The van der Waals surface area contributed by atoms with Crippen LogP contribution >= 0.6 is 69.6 Å². The molecule has 0 amide bonds. The van der Waals surface area contributed by atoms with Gasteiger partial charge in [0.1, 0.15) is 0 Å². The molecule has 0 spiro atoms. The quantitative estimate of drug-likeness (QED) is 0.122. The Morgan fingerprint density at radius 1 is 0.429 bits per heavy atom. The maximum Gasteiger partial charge on any atom is 0.190 e. The molecular weight excluding hydrogens is 477 g/mol. The first kappa shape index (κ1) is 34.1. The molecule has 0 N–H and O–H groups in total. The fourth-order valence-electron chi connectivity index (χ4n) is 2.57. The molecule has 0 aromatic carbocycles. The van der Waals surface area contributed by atoms with Gasteiger partial charge in [0.2, 0.25) is 0 Å². The van der Waals surface area contributed by atoms with E-state index in [2.05, 4.69) is 27.0 Å². The second-order valence-electron chi connectivity index (χ2n) is 6.97. The number of rotatable bonds is 14. The lowest BCUT2D eigenvalue weighted by molar-refractivity contribution is 0.578. The molecule has 0 heterocycles. The Morgan fingerprint density at radius 3 is 0.857 bits per heavy atom. The Hall–Kier alpha value is 1.48. The van der Waals surface area contributed by atoms with Crippen LogP contribution in [0.25, 0.3) is 0 Å². The SMILES string of the molecule is C=C.CCCCCCCCCC(Cl)(Cl)Cl.CCCCCCCCCC(Cl)(Cl)Cl. The van der Waals surface area contributed by atoms with E-state index >= 15 is 0 Å². The minimum atomic E-state index is -1.04. The van der Waals surface area contributed by atoms with Gasteiger partial charge in [0.05, 0.1) is 0 Å². The Labute approximate surface area is 206 Å². The van der Waals surface area contributed by atoms with Crippen LogP contribution in [0.1, 0.15) is 117 Å². The second kappa shape index (κ2) is 24.7. The number of hydrogen-bond acceptors (Lipinski definition) is 0. The first-order chi connectivity index (χ1) is 13.1. The van der Waals surface area contributed by atoms with E-state index in [1.807, 2.05) is 0 Å². The third-order valence-electron chi connectivity index (χ3n) is 4.13. The van der Waals surface area contributed by atoms with E-state index in [0.717, 1.165) is 12.8 Å². The highest BCUT2D eigenvalue weighted by atomic mass is 35.6. The van der Waals surface area contributed by atoms with Crippen LogP contribution in [-0.4, -0.2) is 7.59 Å². The molecule has 0 saturated heterocycles. The van der Waals surface area contributed by atoms with Crippen molar-refractivity contribution in [1.29, 1.82) is 0 Å². The predicted octanol–water partition coefficient (Wildman–Crippen LogP) is 11.8. The monoisotopic (exact) mass is 516 g/mol. The number of alkyl halides is 6. The van der Waals surface area contributed by atoms with Crippen LogP contribution in [0.2, 0.25) is 0 Å². The molecule has 0 bridgehead atoms. The van der Waals surface area contributed by atoms with Crippen LogP contribution in [0.5, 0.6) is 0 Å². The van der Waals surface area contributed by atoms with Gasteiger partial charge >= 0.3 is 0 Å². The molecule has 0 fully saturated rings. The second-order valence-corrected chi connectivity index (χ2v) is 12.0. The summed E-state index contributed by atoms with van der Waals surface area (Å²) in [5.41, 5.74) is 0. The lowest BCUT2D eigenvalue weighted by atomic mass is 10.1. The fraction of sp³-hybridized carbons (Fsp3) is 0.909. The van der Waals surface area contributed by atoms with Gasteiger partial charge in [0.15, 0.2) is 7.59 Å². The van der Waals surface area contributed by atoms with Crippen molar-refractivity contribution >= 4 is 69.6 Å². The van der Waals surface area contributed by atoms with Crippen molar-refractivity contribution in [2.45, 2.75) is 124 Å². The van der Waals surface area contributed by atoms with E-state index in [4.69, 9.17) is 69.6 Å². The summed E-state index contributed by atoms with van der Waals surface area (Å²) in [6.45, 7) is 10.5. The Balaban J connectivity index is -0.000000410. The van der Waals surface area contributed by atoms with Gasteiger partial charge in [0, 0.05) is 0 Å². The molecule has 28 heavy (non-hydrogen) atoms. The van der Waals surface area contributed by atoms with Gasteiger partial charge in [-0.05, 0) is 25.7 Å². The summed E-state index contributed by atoms with van der Waals surface area (Å²) in [6.07, 6.45) is 19.0. The maximum atomic E-state index is 5.63. The van der Waals surface area contributed by atoms with Crippen molar-refractivity contribution in [1.82, 2.24) is 0 Å². The average molecular weight is 519 g/mol. The number of unbranched alkanes of at least 4 members (excludes halogenated alkanes) is 12. The van der Waals surface area contributed by atoms with E-state index in [-0.39, 0.29) is 0 Å². The summed E-state index contributed by atoms with van der Waals surface area (Å²) in [7, 11) is 0. The first-order valence-electron chi connectivity index (χ1n) is 10.8. The van der Waals surface area contributed by atoms with Crippen LogP contribution in [0.15, 0.2) is 13.2 Å². The summed E-state index contributed by atoms with van der Waals surface area (Å²) < 4.78 is -2.08. The van der Waals surface area contributed by atoms with Crippen molar-refractivity contribution in [3.63, 3.8) is 0 Å². The zero-order valence-electron chi connectivity index (χ0n) is 18.0. The van der Waals surface area contributed by atoms with Gasteiger partial charge in [-0.2, -0.15) is 0 Å². The minimum absolute atomic E-state index is 0.686. The van der Waals surface area contributed by atoms with Gasteiger partial charge in [0.25, 0.3) is 0 Å². The minimum Gasteiger partial charge on any atom is -0.106 e. The average Bonchev–Trinajstić information content (AvgIpc) is 2.61. The third-order valence-corrected chi connectivity index (χ3v) is 5.26. The van der Waals surface area contributed by atoms with Crippen molar-refractivity contribution in [2.24, 2.45) is 0 Å². The van der Waals surface area contributed by atoms with Gasteiger partial charge < -0.3 is 0 Å². The molecule has 0 unspecified atom stereocenters. The largest absolute Gasteiger partial charge is 0.190 e. The van der Waals surface area contributed by atoms with Crippen molar-refractivity contribution in [3.8, 4) is 0 Å². The predicted molar refractivity (Wildman–Crippen MR) is 137 cm³/mol. The molecule has 0 atom stereocenters. The molecule has 0 aliphatic carbocycles. The topological polar surface area (TPSA) is 0 Å². The number of halogens is 6. The lowest BCUT2D eigenvalue weighted by Crippen LogP contribution is -2.00. The number of hydrogen-bond donors (Lipinski definition) is 0. The molecule has 0 aromatic rings. The van der Waals surface area contributed by atoms with Gasteiger partial charge in [-0.1, -0.05) is 161 Å².